The summed E-state index contributed by atoms with van der Waals surface area (Å²) in [7, 11) is 0. The predicted molar refractivity (Wildman–Crippen MR) is 78.9 cm³/mol. The number of carbonyl (C=O) groups excluding carboxylic acids is 1. The lowest BCUT2D eigenvalue weighted by Crippen LogP contribution is -2.40. The number of benzene rings is 1. The van der Waals surface area contributed by atoms with Gasteiger partial charge in [-0.25, -0.2) is 4.79 Å². The molecule has 0 saturated carbocycles. The van der Waals surface area contributed by atoms with E-state index in [1.807, 2.05) is 19.9 Å². The number of carboxylic acids is 1. The predicted octanol–water partition coefficient (Wildman–Crippen LogP) is 1.90. The fourth-order valence-electron chi connectivity index (χ4n) is 1.75. The molecule has 0 aliphatic carbocycles. The molecule has 0 aliphatic rings. The molecule has 1 aromatic carbocycles. The van der Waals surface area contributed by atoms with E-state index in [1.165, 1.54) is 6.08 Å². The number of carbonyl (C=O) groups is 2. The molecule has 1 aromatic rings. The highest BCUT2D eigenvalue weighted by Gasteiger charge is 2.19. The van der Waals surface area contributed by atoms with Crippen LogP contribution in [0.3, 0.4) is 0 Å². The second kappa shape index (κ2) is 7.33. The summed E-state index contributed by atoms with van der Waals surface area (Å²) in [5, 5.41) is 11.5. The molecule has 0 heterocycles. The van der Waals surface area contributed by atoms with Crippen LogP contribution in [0, 0.1) is 5.92 Å². The van der Waals surface area contributed by atoms with Crippen molar-refractivity contribution in [2.45, 2.75) is 26.3 Å². The zero-order chi connectivity index (χ0) is 15.1. The number of rotatable bonds is 6. The van der Waals surface area contributed by atoms with Crippen LogP contribution >= 0.6 is 0 Å². The Labute approximate surface area is 118 Å². The molecule has 1 amide bonds. The molecular formula is C15H20N2O3. The van der Waals surface area contributed by atoms with Crippen molar-refractivity contribution in [1.29, 1.82) is 0 Å². The van der Waals surface area contributed by atoms with Gasteiger partial charge in [0.05, 0.1) is 0 Å². The highest BCUT2D eigenvalue weighted by atomic mass is 16.4. The number of nitrogens with one attached hydrogen (secondary N) is 1. The Bertz CT molecular complexity index is 510. The highest BCUT2D eigenvalue weighted by Crippen LogP contribution is 2.08. The highest BCUT2D eigenvalue weighted by molar-refractivity contribution is 5.94. The van der Waals surface area contributed by atoms with Crippen molar-refractivity contribution in [2.75, 3.05) is 5.73 Å². The van der Waals surface area contributed by atoms with Crippen molar-refractivity contribution in [2.24, 2.45) is 5.92 Å². The largest absolute Gasteiger partial charge is 0.480 e. The molecule has 1 rings (SSSR count). The Morgan fingerprint density at radius 3 is 2.65 bits per heavy atom. The molecule has 0 fully saturated rings. The van der Waals surface area contributed by atoms with E-state index >= 15 is 0 Å². The first-order valence-electron chi connectivity index (χ1n) is 6.45. The van der Waals surface area contributed by atoms with Gasteiger partial charge in [-0.3, -0.25) is 4.79 Å². The maximum Gasteiger partial charge on any atom is 0.326 e. The average molecular weight is 276 g/mol. The molecule has 0 bridgehead atoms. The number of aliphatic carboxylic acids is 1. The lowest BCUT2D eigenvalue weighted by molar-refractivity contribution is -0.141. The normalized spacial score (nSPS) is 12.6. The van der Waals surface area contributed by atoms with Crippen molar-refractivity contribution in [1.82, 2.24) is 5.32 Å². The maximum atomic E-state index is 11.7. The second-order valence-corrected chi connectivity index (χ2v) is 5.03. The Hall–Kier alpha value is -2.30. The van der Waals surface area contributed by atoms with Crippen LogP contribution in [-0.4, -0.2) is 23.0 Å². The lowest BCUT2D eigenvalue weighted by atomic mass is 10.0. The van der Waals surface area contributed by atoms with E-state index in [-0.39, 0.29) is 5.92 Å². The van der Waals surface area contributed by atoms with E-state index in [0.717, 1.165) is 5.56 Å². The van der Waals surface area contributed by atoms with E-state index in [1.54, 1.807) is 24.3 Å². The van der Waals surface area contributed by atoms with Crippen LogP contribution in [0.5, 0.6) is 0 Å². The Morgan fingerprint density at radius 1 is 1.40 bits per heavy atom. The quantitative estimate of drug-likeness (QED) is 0.546. The molecule has 0 spiro atoms. The van der Waals surface area contributed by atoms with Crippen molar-refractivity contribution in [3.05, 3.63) is 35.9 Å². The van der Waals surface area contributed by atoms with Crippen molar-refractivity contribution < 1.29 is 14.7 Å². The van der Waals surface area contributed by atoms with E-state index in [2.05, 4.69) is 5.32 Å². The van der Waals surface area contributed by atoms with E-state index < -0.39 is 17.9 Å². The maximum absolute atomic E-state index is 11.7. The first-order valence-corrected chi connectivity index (χ1v) is 6.45. The fourth-order valence-corrected chi connectivity index (χ4v) is 1.75. The van der Waals surface area contributed by atoms with Gasteiger partial charge in [-0.1, -0.05) is 26.0 Å². The van der Waals surface area contributed by atoms with Crippen LogP contribution in [0.4, 0.5) is 5.69 Å². The van der Waals surface area contributed by atoms with Crippen LogP contribution in [0.2, 0.25) is 0 Å². The SMILES string of the molecule is CC(C)C[C@H](NC(=O)/C=C/c1cccc(N)c1)C(=O)O. The number of anilines is 1. The smallest absolute Gasteiger partial charge is 0.326 e. The zero-order valence-electron chi connectivity index (χ0n) is 11.7. The standard InChI is InChI=1S/C15H20N2O3/c1-10(2)8-13(15(19)20)17-14(18)7-6-11-4-3-5-12(16)9-11/h3-7,9-10,13H,8,16H2,1-2H3,(H,17,18)(H,19,20)/b7-6+/t13-/m0/s1. The fraction of sp³-hybridized carbons (Fsp3) is 0.333. The van der Waals surface area contributed by atoms with E-state index in [0.29, 0.717) is 12.1 Å². The minimum Gasteiger partial charge on any atom is -0.480 e. The molecule has 0 saturated heterocycles. The molecule has 5 heteroatoms. The second-order valence-electron chi connectivity index (χ2n) is 5.03. The number of carboxylic acid groups (broad SMARTS) is 1. The van der Waals surface area contributed by atoms with Crippen molar-refractivity contribution in [3.63, 3.8) is 0 Å². The van der Waals surface area contributed by atoms with E-state index in [4.69, 9.17) is 10.8 Å². The first kappa shape index (κ1) is 15.8. The van der Waals surface area contributed by atoms with Gasteiger partial charge in [0.2, 0.25) is 5.91 Å². The molecule has 0 unspecified atom stereocenters. The van der Waals surface area contributed by atoms with Gasteiger partial charge < -0.3 is 16.2 Å². The summed E-state index contributed by atoms with van der Waals surface area (Å²) in [6.45, 7) is 3.81. The molecule has 20 heavy (non-hydrogen) atoms. The first-order chi connectivity index (χ1) is 9.38. The summed E-state index contributed by atoms with van der Waals surface area (Å²) in [6, 6.07) is 6.20. The van der Waals surface area contributed by atoms with Gasteiger partial charge in [-0.2, -0.15) is 0 Å². The van der Waals surface area contributed by atoms with Crippen LogP contribution in [0.1, 0.15) is 25.8 Å². The molecule has 0 radical (unpaired) electrons. The molecule has 4 N–H and O–H groups in total. The minimum atomic E-state index is -1.02. The van der Waals surface area contributed by atoms with Gasteiger partial charge in [0.15, 0.2) is 0 Å². The number of amides is 1. The molecule has 0 aromatic heterocycles. The molecule has 5 nitrogen and oxygen atoms in total. The topological polar surface area (TPSA) is 92.4 Å². The summed E-state index contributed by atoms with van der Waals surface area (Å²) >= 11 is 0. The van der Waals surface area contributed by atoms with Crippen molar-refractivity contribution in [3.8, 4) is 0 Å². The number of hydrogen-bond acceptors (Lipinski definition) is 3. The minimum absolute atomic E-state index is 0.189. The van der Waals surface area contributed by atoms with E-state index in [9.17, 15) is 9.59 Å². The van der Waals surface area contributed by atoms with Gasteiger partial charge in [0, 0.05) is 11.8 Å². The summed E-state index contributed by atoms with van der Waals surface area (Å²) < 4.78 is 0. The monoisotopic (exact) mass is 276 g/mol. The number of nitrogen functional groups attached to an aromatic ring is 1. The van der Waals surface area contributed by atoms with Crippen LogP contribution < -0.4 is 11.1 Å². The van der Waals surface area contributed by atoms with Gasteiger partial charge >= 0.3 is 5.97 Å². The summed E-state index contributed by atoms with van der Waals surface area (Å²) in [6.07, 6.45) is 3.30. The number of nitrogens with two attached hydrogens (primary N) is 1. The van der Waals surface area contributed by atoms with Gasteiger partial charge in [-0.15, -0.1) is 0 Å². The zero-order valence-corrected chi connectivity index (χ0v) is 11.7. The summed E-state index contributed by atoms with van der Waals surface area (Å²) in [5.74, 6) is -1.26. The van der Waals surface area contributed by atoms with Gasteiger partial charge in [0.1, 0.15) is 6.04 Å². The molecule has 0 aliphatic heterocycles. The van der Waals surface area contributed by atoms with Crippen LogP contribution in [0.25, 0.3) is 6.08 Å². The Balaban J connectivity index is 2.63. The Kier molecular flexibility index (Phi) is 5.77. The van der Waals surface area contributed by atoms with Crippen LogP contribution in [0.15, 0.2) is 30.3 Å². The molecule has 1 atom stereocenters. The molecular weight excluding hydrogens is 256 g/mol. The molecule has 108 valence electrons. The van der Waals surface area contributed by atoms with Gasteiger partial charge in [0.25, 0.3) is 0 Å². The Morgan fingerprint density at radius 2 is 2.10 bits per heavy atom. The third-order valence-corrected chi connectivity index (χ3v) is 2.66. The summed E-state index contributed by atoms with van der Waals surface area (Å²) in [5.41, 5.74) is 7.02. The van der Waals surface area contributed by atoms with Crippen LogP contribution in [-0.2, 0) is 9.59 Å². The summed E-state index contributed by atoms with van der Waals surface area (Å²) in [4.78, 5) is 22.7. The average Bonchev–Trinajstić information content (AvgIpc) is 2.35. The van der Waals surface area contributed by atoms with Gasteiger partial charge in [-0.05, 0) is 36.1 Å². The lowest BCUT2D eigenvalue weighted by Gasteiger charge is -2.15. The third-order valence-electron chi connectivity index (χ3n) is 2.66. The third kappa shape index (κ3) is 5.56. The van der Waals surface area contributed by atoms with Crippen molar-refractivity contribution >= 4 is 23.6 Å². The number of hydrogen-bond donors (Lipinski definition) is 3.